The maximum absolute atomic E-state index is 11.6. The molecule has 1 amide bonds. The molecule has 0 heterocycles. The zero-order chi connectivity index (χ0) is 14.1. The number of nitrogens with one attached hydrogen (secondary N) is 1. The van der Waals surface area contributed by atoms with Crippen molar-refractivity contribution in [1.29, 1.82) is 0 Å². The first-order chi connectivity index (χ1) is 9.17. The molecule has 1 aromatic carbocycles. The van der Waals surface area contributed by atoms with Crippen molar-refractivity contribution in [3.05, 3.63) is 30.3 Å². The average molecular weight is 265 g/mol. The van der Waals surface area contributed by atoms with Gasteiger partial charge < -0.3 is 20.7 Å². The fourth-order valence-corrected chi connectivity index (χ4v) is 1.72. The number of nitrogens with zero attached hydrogens (tertiary/aromatic N) is 1. The van der Waals surface area contributed by atoms with Crippen LogP contribution in [0.3, 0.4) is 0 Å². The van der Waals surface area contributed by atoms with Crippen LogP contribution in [0.2, 0.25) is 0 Å². The van der Waals surface area contributed by atoms with Crippen LogP contribution in [-0.4, -0.2) is 45.8 Å². The van der Waals surface area contributed by atoms with Gasteiger partial charge in [-0.3, -0.25) is 4.79 Å². The van der Waals surface area contributed by atoms with E-state index in [2.05, 4.69) is 10.2 Å². The van der Waals surface area contributed by atoms with Crippen molar-refractivity contribution >= 4 is 11.6 Å². The van der Waals surface area contributed by atoms with E-state index in [0.717, 1.165) is 12.2 Å². The molecule has 0 saturated carbocycles. The largest absolute Gasteiger partial charge is 0.380 e. The van der Waals surface area contributed by atoms with E-state index in [4.69, 9.17) is 10.5 Å². The molecule has 106 valence electrons. The second-order valence-corrected chi connectivity index (χ2v) is 4.40. The molecular weight excluding hydrogens is 242 g/mol. The smallest absolute Gasteiger partial charge is 0.222 e. The van der Waals surface area contributed by atoms with E-state index in [-0.39, 0.29) is 12.0 Å². The first-order valence-electron chi connectivity index (χ1n) is 6.43. The molecule has 0 aliphatic carbocycles. The summed E-state index contributed by atoms with van der Waals surface area (Å²) >= 11 is 0. The SMILES string of the molecule is COC(CN)CC(=O)NCCN(C)c1ccccc1. The number of hydrogen-bond acceptors (Lipinski definition) is 4. The van der Waals surface area contributed by atoms with Crippen molar-refractivity contribution in [2.45, 2.75) is 12.5 Å². The lowest BCUT2D eigenvalue weighted by molar-refractivity contribution is -0.123. The van der Waals surface area contributed by atoms with E-state index >= 15 is 0 Å². The van der Waals surface area contributed by atoms with Crippen molar-refractivity contribution < 1.29 is 9.53 Å². The average Bonchev–Trinajstić information content (AvgIpc) is 2.45. The Morgan fingerprint density at radius 2 is 2.11 bits per heavy atom. The Balaban J connectivity index is 2.25. The quantitative estimate of drug-likeness (QED) is 0.722. The maximum Gasteiger partial charge on any atom is 0.222 e. The van der Waals surface area contributed by atoms with Gasteiger partial charge >= 0.3 is 0 Å². The van der Waals surface area contributed by atoms with Crippen LogP contribution < -0.4 is 16.0 Å². The fraction of sp³-hybridized carbons (Fsp3) is 0.500. The Morgan fingerprint density at radius 1 is 1.42 bits per heavy atom. The molecule has 5 heteroatoms. The van der Waals surface area contributed by atoms with Crippen LogP contribution >= 0.6 is 0 Å². The lowest BCUT2D eigenvalue weighted by Crippen LogP contribution is -2.36. The third kappa shape index (κ3) is 5.72. The molecule has 1 aromatic rings. The summed E-state index contributed by atoms with van der Waals surface area (Å²) in [6.07, 6.45) is 0.106. The van der Waals surface area contributed by atoms with E-state index < -0.39 is 0 Å². The van der Waals surface area contributed by atoms with Crippen molar-refractivity contribution in [2.75, 3.05) is 38.7 Å². The number of carbonyl (C=O) groups excluding carboxylic acids is 1. The van der Waals surface area contributed by atoms with Gasteiger partial charge in [-0.1, -0.05) is 18.2 Å². The Morgan fingerprint density at radius 3 is 2.68 bits per heavy atom. The number of carbonyl (C=O) groups is 1. The zero-order valence-electron chi connectivity index (χ0n) is 11.6. The number of ether oxygens (including phenoxy) is 1. The molecule has 0 aromatic heterocycles. The highest BCUT2D eigenvalue weighted by Crippen LogP contribution is 2.09. The van der Waals surface area contributed by atoms with Gasteiger partial charge in [0.2, 0.25) is 5.91 Å². The minimum Gasteiger partial charge on any atom is -0.380 e. The van der Waals surface area contributed by atoms with E-state index in [1.165, 1.54) is 0 Å². The van der Waals surface area contributed by atoms with Gasteiger partial charge in [-0.15, -0.1) is 0 Å². The van der Waals surface area contributed by atoms with E-state index in [1.54, 1.807) is 7.11 Å². The summed E-state index contributed by atoms with van der Waals surface area (Å²) in [5, 5.41) is 2.87. The normalized spacial score (nSPS) is 11.9. The molecule has 19 heavy (non-hydrogen) atoms. The Bertz CT molecular complexity index is 366. The molecule has 0 fully saturated rings. The number of rotatable bonds is 8. The number of amides is 1. The lowest BCUT2D eigenvalue weighted by atomic mass is 10.2. The Labute approximate surface area is 114 Å². The van der Waals surface area contributed by atoms with Gasteiger partial charge in [0.15, 0.2) is 0 Å². The van der Waals surface area contributed by atoms with Gasteiger partial charge in [0.05, 0.1) is 12.5 Å². The van der Waals surface area contributed by atoms with Crippen LogP contribution in [0.15, 0.2) is 30.3 Å². The molecule has 0 saturated heterocycles. The summed E-state index contributed by atoms with van der Waals surface area (Å²) < 4.78 is 5.07. The van der Waals surface area contributed by atoms with Crippen LogP contribution in [0.5, 0.6) is 0 Å². The Kier molecular flexibility index (Phi) is 6.92. The third-order valence-corrected chi connectivity index (χ3v) is 2.98. The van der Waals surface area contributed by atoms with Crippen LogP contribution in [0, 0.1) is 0 Å². The second kappa shape index (κ2) is 8.50. The van der Waals surface area contributed by atoms with Crippen molar-refractivity contribution in [1.82, 2.24) is 5.32 Å². The molecule has 0 aliphatic rings. The van der Waals surface area contributed by atoms with Gasteiger partial charge in [0.25, 0.3) is 0 Å². The first kappa shape index (κ1) is 15.5. The van der Waals surface area contributed by atoms with Crippen LogP contribution in [0.4, 0.5) is 5.69 Å². The van der Waals surface area contributed by atoms with Crippen molar-refractivity contribution in [3.63, 3.8) is 0 Å². The number of likely N-dealkylation sites (N-methyl/N-ethyl adjacent to an activating group) is 1. The molecule has 1 atom stereocenters. The highest BCUT2D eigenvalue weighted by Gasteiger charge is 2.10. The third-order valence-electron chi connectivity index (χ3n) is 2.98. The fourth-order valence-electron chi connectivity index (χ4n) is 1.72. The van der Waals surface area contributed by atoms with E-state index in [1.807, 2.05) is 37.4 Å². The maximum atomic E-state index is 11.6. The van der Waals surface area contributed by atoms with Crippen LogP contribution in [0.1, 0.15) is 6.42 Å². The highest BCUT2D eigenvalue weighted by molar-refractivity contribution is 5.76. The predicted molar refractivity (Wildman–Crippen MR) is 77.2 cm³/mol. The van der Waals surface area contributed by atoms with Gasteiger partial charge in [0, 0.05) is 39.5 Å². The molecule has 5 nitrogen and oxygen atoms in total. The number of nitrogens with two attached hydrogens (primary N) is 1. The minimum absolute atomic E-state index is 0.0289. The van der Waals surface area contributed by atoms with Crippen LogP contribution in [-0.2, 0) is 9.53 Å². The predicted octanol–water partition coefficient (Wildman–Crippen LogP) is 0.603. The summed E-state index contributed by atoms with van der Waals surface area (Å²) in [4.78, 5) is 13.7. The number of methoxy groups -OCH3 is 1. The van der Waals surface area contributed by atoms with Gasteiger partial charge in [-0.05, 0) is 12.1 Å². The van der Waals surface area contributed by atoms with Gasteiger partial charge in [-0.25, -0.2) is 0 Å². The van der Waals surface area contributed by atoms with Gasteiger partial charge in [-0.2, -0.15) is 0 Å². The first-order valence-corrected chi connectivity index (χ1v) is 6.43. The molecule has 0 spiro atoms. The number of anilines is 1. The number of para-hydroxylation sites is 1. The zero-order valence-corrected chi connectivity index (χ0v) is 11.6. The summed E-state index contributed by atoms with van der Waals surface area (Å²) in [7, 11) is 3.56. The molecular formula is C14H23N3O2. The van der Waals surface area contributed by atoms with Gasteiger partial charge in [0.1, 0.15) is 0 Å². The topological polar surface area (TPSA) is 67.6 Å². The molecule has 0 bridgehead atoms. The molecule has 1 rings (SSSR count). The standard InChI is InChI=1S/C14H23N3O2/c1-17(12-6-4-3-5-7-12)9-8-16-14(18)10-13(11-15)19-2/h3-7,13H,8-11,15H2,1-2H3,(H,16,18). The highest BCUT2D eigenvalue weighted by atomic mass is 16.5. The molecule has 3 N–H and O–H groups in total. The summed E-state index contributed by atoms with van der Waals surface area (Å²) in [5.41, 5.74) is 6.60. The van der Waals surface area contributed by atoms with E-state index in [9.17, 15) is 4.79 Å². The summed E-state index contributed by atoms with van der Waals surface area (Å²) in [6.45, 7) is 1.72. The van der Waals surface area contributed by atoms with Crippen LogP contribution in [0.25, 0.3) is 0 Å². The minimum atomic E-state index is -0.202. The molecule has 0 aliphatic heterocycles. The number of hydrogen-bond donors (Lipinski definition) is 2. The van der Waals surface area contributed by atoms with Crippen molar-refractivity contribution in [2.24, 2.45) is 5.73 Å². The summed E-state index contributed by atoms with van der Waals surface area (Å²) in [5.74, 6) is -0.0289. The second-order valence-electron chi connectivity index (χ2n) is 4.40. The lowest BCUT2D eigenvalue weighted by Gasteiger charge is -2.19. The molecule has 1 unspecified atom stereocenters. The Hall–Kier alpha value is -1.59. The van der Waals surface area contributed by atoms with Crippen molar-refractivity contribution in [3.8, 4) is 0 Å². The summed E-state index contributed by atoms with van der Waals surface area (Å²) in [6, 6.07) is 10.1. The molecule has 0 radical (unpaired) electrons. The monoisotopic (exact) mass is 265 g/mol. The number of benzene rings is 1. The van der Waals surface area contributed by atoms with E-state index in [0.29, 0.717) is 19.5 Å².